The minimum Gasteiger partial charge on any atom is -0.489 e. The van der Waals surface area contributed by atoms with Crippen molar-refractivity contribution in [3.63, 3.8) is 0 Å². The van der Waals surface area contributed by atoms with Gasteiger partial charge in [-0.25, -0.2) is 8.60 Å². The van der Waals surface area contributed by atoms with Crippen LogP contribution in [-0.2, 0) is 11.3 Å². The molecule has 1 aliphatic rings. The molecule has 0 spiro atoms. The lowest BCUT2D eigenvalue weighted by Gasteiger charge is -2.26. The van der Waals surface area contributed by atoms with Gasteiger partial charge in [-0.05, 0) is 31.9 Å². The topological polar surface area (TPSA) is 103 Å². The first-order valence-corrected chi connectivity index (χ1v) is 9.17. The molecule has 1 saturated carbocycles. The van der Waals surface area contributed by atoms with Crippen LogP contribution in [0.4, 0.5) is 17.6 Å². The smallest absolute Gasteiger partial charge is 0.473 e. The number of nitrogens with zero attached hydrogens (tertiary/aromatic N) is 2. The predicted molar refractivity (Wildman–Crippen MR) is 90.1 cm³/mol. The highest BCUT2D eigenvalue weighted by molar-refractivity contribution is 7.76. The Morgan fingerprint density at radius 2 is 2.14 bits per heavy atom. The largest absolute Gasteiger partial charge is 0.489 e. The molecule has 1 aromatic carbocycles. The summed E-state index contributed by atoms with van der Waals surface area (Å²) < 4.78 is 76.4. The van der Waals surface area contributed by atoms with Gasteiger partial charge in [0, 0.05) is 0 Å². The van der Waals surface area contributed by atoms with Gasteiger partial charge in [0.05, 0.1) is 22.7 Å². The van der Waals surface area contributed by atoms with Crippen molar-refractivity contribution in [1.82, 2.24) is 9.62 Å². The Balaban J connectivity index is 2.17. The van der Waals surface area contributed by atoms with Gasteiger partial charge in [0.1, 0.15) is 12.1 Å². The maximum absolute atomic E-state index is 14.0. The highest BCUT2D eigenvalue weighted by Gasteiger charge is 2.46. The average molecular weight is 444 g/mol. The lowest BCUT2D eigenvalue weighted by molar-refractivity contribution is -0.222. The molecular formula is C15H14ClF4N3O4S. The Kier molecular flexibility index (Phi) is 6.55. The van der Waals surface area contributed by atoms with E-state index in [9.17, 15) is 26.6 Å². The highest BCUT2D eigenvalue weighted by Crippen LogP contribution is 2.35. The van der Waals surface area contributed by atoms with Crippen molar-refractivity contribution in [1.29, 1.82) is 5.26 Å². The Morgan fingerprint density at radius 1 is 1.54 bits per heavy atom. The zero-order valence-corrected chi connectivity index (χ0v) is 15.8. The molecule has 1 aromatic rings. The zero-order valence-electron chi connectivity index (χ0n) is 14.2. The second-order valence-corrected chi connectivity index (χ2v) is 7.36. The first-order valence-electron chi connectivity index (χ1n) is 7.73. The normalized spacial score (nSPS) is 17.5. The highest BCUT2D eigenvalue weighted by atomic mass is 35.5. The summed E-state index contributed by atoms with van der Waals surface area (Å²) in [5.41, 5.74) is -1.24. The number of carbonyl (C=O) groups excluding carboxylic acids is 1. The molecule has 0 radical (unpaired) electrons. The van der Waals surface area contributed by atoms with Crippen molar-refractivity contribution < 1.29 is 35.9 Å². The standard InChI is InChI=1S/C15H14ClF4N3O4S/c1-8(23(28(25)26)15(18,19)20)6-27-12-4-9(10(16)5-11(12)17)13(24)22-14(7-21)2-3-14/h4-5,8H,2-3,6H2,1H3,(H,22,24)(H,25,26)/t8-/m0/s1. The number of nitrogens with one attached hydrogen (secondary N) is 1. The molecule has 28 heavy (non-hydrogen) atoms. The van der Waals surface area contributed by atoms with Crippen LogP contribution in [0.15, 0.2) is 12.1 Å². The molecule has 2 rings (SSSR count). The van der Waals surface area contributed by atoms with E-state index in [1.54, 1.807) is 0 Å². The van der Waals surface area contributed by atoms with E-state index in [1.807, 2.05) is 6.07 Å². The number of hydrogen-bond donors (Lipinski definition) is 2. The predicted octanol–water partition coefficient (Wildman–Crippen LogP) is 2.99. The Labute approximate surface area is 164 Å². The van der Waals surface area contributed by atoms with E-state index in [0.717, 1.165) is 19.1 Å². The van der Waals surface area contributed by atoms with Gasteiger partial charge in [0.15, 0.2) is 11.6 Å². The van der Waals surface area contributed by atoms with Gasteiger partial charge in [-0.3, -0.25) is 9.35 Å². The fraction of sp³-hybridized carbons (Fsp3) is 0.467. The van der Waals surface area contributed by atoms with Crippen LogP contribution in [0.2, 0.25) is 5.02 Å². The molecule has 0 aromatic heterocycles. The van der Waals surface area contributed by atoms with E-state index in [1.165, 1.54) is 0 Å². The van der Waals surface area contributed by atoms with Crippen LogP contribution < -0.4 is 10.1 Å². The molecule has 1 aliphatic carbocycles. The number of amides is 1. The van der Waals surface area contributed by atoms with E-state index in [-0.39, 0.29) is 10.6 Å². The summed E-state index contributed by atoms with van der Waals surface area (Å²) >= 11 is 2.47. The van der Waals surface area contributed by atoms with E-state index in [4.69, 9.17) is 26.2 Å². The molecule has 154 valence electrons. The summed E-state index contributed by atoms with van der Waals surface area (Å²) in [6.07, 6.45) is -4.23. The number of alkyl halides is 3. The second-order valence-electron chi connectivity index (χ2n) is 6.09. The molecule has 2 atom stereocenters. The summed E-state index contributed by atoms with van der Waals surface area (Å²) in [7, 11) is 0. The SMILES string of the molecule is C[C@@H](COc1cc(C(=O)NC2(C#N)CC2)c(Cl)cc1F)N(S(=O)O)C(F)(F)F. The molecule has 2 N–H and O–H groups in total. The number of halogens is 5. The lowest BCUT2D eigenvalue weighted by atomic mass is 10.1. The van der Waals surface area contributed by atoms with Crippen molar-refractivity contribution in [2.24, 2.45) is 0 Å². The number of nitriles is 1. The van der Waals surface area contributed by atoms with Crippen molar-refractivity contribution in [3.05, 3.63) is 28.5 Å². The lowest BCUT2D eigenvalue weighted by Crippen LogP contribution is -2.47. The molecule has 0 aliphatic heterocycles. The van der Waals surface area contributed by atoms with Crippen LogP contribution in [0.25, 0.3) is 0 Å². The maximum atomic E-state index is 14.0. The third kappa shape index (κ3) is 5.11. The molecule has 1 amide bonds. The molecule has 0 saturated heterocycles. The number of ether oxygens (including phenoxy) is 1. The average Bonchev–Trinajstić information content (AvgIpc) is 3.32. The van der Waals surface area contributed by atoms with Crippen molar-refractivity contribution in [3.8, 4) is 11.8 Å². The van der Waals surface area contributed by atoms with E-state index >= 15 is 0 Å². The summed E-state index contributed by atoms with van der Waals surface area (Å²) in [5, 5.41) is 11.2. The fourth-order valence-electron chi connectivity index (χ4n) is 2.26. The number of hydrogen-bond acceptors (Lipinski definition) is 4. The van der Waals surface area contributed by atoms with Gasteiger partial charge < -0.3 is 10.1 Å². The first kappa shape index (κ1) is 22.4. The van der Waals surface area contributed by atoms with Gasteiger partial charge >= 0.3 is 6.30 Å². The van der Waals surface area contributed by atoms with E-state index in [2.05, 4.69) is 5.32 Å². The third-order valence-electron chi connectivity index (χ3n) is 3.88. The first-order chi connectivity index (χ1) is 12.9. The fourth-order valence-corrected chi connectivity index (χ4v) is 3.04. The van der Waals surface area contributed by atoms with Crippen LogP contribution in [0, 0.1) is 17.1 Å². The van der Waals surface area contributed by atoms with Crippen LogP contribution in [0.3, 0.4) is 0 Å². The number of carbonyl (C=O) groups is 1. The molecule has 0 bridgehead atoms. The third-order valence-corrected chi connectivity index (χ3v) is 5.10. The summed E-state index contributed by atoms with van der Waals surface area (Å²) in [4.78, 5) is 12.3. The van der Waals surface area contributed by atoms with Crippen molar-refractivity contribution in [2.75, 3.05) is 6.61 Å². The Morgan fingerprint density at radius 3 is 2.61 bits per heavy atom. The molecule has 1 unspecified atom stereocenters. The number of rotatable bonds is 7. The quantitative estimate of drug-likeness (QED) is 0.383. The minimum absolute atomic E-state index is 0.231. The Hall–Kier alpha value is -1.94. The van der Waals surface area contributed by atoms with Gasteiger partial charge in [-0.2, -0.15) is 18.4 Å². The summed E-state index contributed by atoms with van der Waals surface area (Å²) in [6.45, 7) is 0.139. The minimum atomic E-state index is -5.12. The van der Waals surface area contributed by atoms with Gasteiger partial charge in [-0.1, -0.05) is 11.6 Å². The van der Waals surface area contributed by atoms with Crippen LogP contribution >= 0.6 is 11.6 Å². The molecule has 0 heterocycles. The van der Waals surface area contributed by atoms with Crippen molar-refractivity contribution in [2.45, 2.75) is 37.6 Å². The molecule has 7 nitrogen and oxygen atoms in total. The van der Waals surface area contributed by atoms with Gasteiger partial charge in [0.25, 0.3) is 5.91 Å². The van der Waals surface area contributed by atoms with E-state index < -0.39 is 57.5 Å². The van der Waals surface area contributed by atoms with E-state index in [0.29, 0.717) is 12.8 Å². The second kappa shape index (κ2) is 8.20. The van der Waals surface area contributed by atoms with Crippen LogP contribution in [0.1, 0.15) is 30.1 Å². The maximum Gasteiger partial charge on any atom is 0.473 e. The van der Waals surface area contributed by atoms with Crippen LogP contribution in [0.5, 0.6) is 5.75 Å². The summed E-state index contributed by atoms with van der Waals surface area (Å²) in [5.74, 6) is -2.39. The zero-order chi connectivity index (χ0) is 21.3. The van der Waals surface area contributed by atoms with Gasteiger partial charge in [0.2, 0.25) is 11.3 Å². The molecule has 1 fully saturated rings. The van der Waals surface area contributed by atoms with Crippen molar-refractivity contribution >= 4 is 28.8 Å². The number of benzene rings is 1. The monoisotopic (exact) mass is 443 g/mol. The Bertz CT molecular complexity index is 842. The van der Waals surface area contributed by atoms with Crippen LogP contribution in [-0.4, -0.2) is 43.5 Å². The summed E-state index contributed by atoms with van der Waals surface area (Å²) in [6, 6.07) is 1.92. The molecule has 13 heteroatoms. The van der Waals surface area contributed by atoms with Gasteiger partial charge in [-0.15, -0.1) is 4.31 Å². The molecular weight excluding hydrogens is 430 g/mol.